The van der Waals surface area contributed by atoms with E-state index < -0.39 is 17.6 Å². The van der Waals surface area contributed by atoms with Gasteiger partial charge in [-0.2, -0.15) is 0 Å². The molecule has 1 saturated heterocycles. The minimum absolute atomic E-state index is 0.0227. The van der Waals surface area contributed by atoms with Gasteiger partial charge in [0.1, 0.15) is 11.4 Å². The number of carbonyl (C=O) groups is 2. The summed E-state index contributed by atoms with van der Waals surface area (Å²) in [6.45, 7) is 4.02. The standard InChI is InChI=1S/C25H29NO4/c1-17(2)25(15-14-18-8-12-21(27)13-9-18)16-22(28)23(24(29)30-25)26(20-10-11-20)19-6-4-3-5-7-19/h3-9,12-13,17,20,23,27H,10-11,14-16H2,1-2H3. The third-order valence-electron chi connectivity index (χ3n) is 6.40. The molecular weight excluding hydrogens is 378 g/mol. The Bertz CT molecular complexity index is 885. The number of esters is 1. The molecule has 5 heteroatoms. The molecule has 2 atom stereocenters. The molecule has 0 spiro atoms. The molecule has 0 radical (unpaired) electrons. The average Bonchev–Trinajstić information content (AvgIpc) is 3.56. The molecule has 2 aliphatic rings. The van der Waals surface area contributed by atoms with Gasteiger partial charge in [-0.05, 0) is 61.4 Å². The number of carbonyl (C=O) groups excluding carboxylic acids is 2. The number of cyclic esters (lactones) is 1. The lowest BCUT2D eigenvalue weighted by molar-refractivity contribution is -0.179. The maximum absolute atomic E-state index is 13.4. The van der Waals surface area contributed by atoms with Crippen molar-refractivity contribution in [3.05, 3.63) is 60.2 Å². The van der Waals surface area contributed by atoms with Crippen molar-refractivity contribution in [2.45, 2.75) is 63.6 Å². The van der Waals surface area contributed by atoms with Gasteiger partial charge in [0, 0.05) is 18.2 Å². The van der Waals surface area contributed by atoms with Gasteiger partial charge in [0.05, 0.1) is 0 Å². The number of anilines is 1. The monoisotopic (exact) mass is 407 g/mol. The van der Waals surface area contributed by atoms with Crippen molar-refractivity contribution in [3.8, 4) is 5.75 Å². The highest BCUT2D eigenvalue weighted by molar-refractivity contribution is 6.08. The van der Waals surface area contributed by atoms with Gasteiger partial charge in [-0.3, -0.25) is 4.79 Å². The number of aromatic hydroxyl groups is 1. The average molecular weight is 408 g/mol. The van der Waals surface area contributed by atoms with E-state index in [0.29, 0.717) is 12.8 Å². The van der Waals surface area contributed by atoms with Crippen LogP contribution in [0.5, 0.6) is 5.75 Å². The third kappa shape index (κ3) is 4.07. The van der Waals surface area contributed by atoms with Crippen LogP contribution in [-0.4, -0.2) is 34.5 Å². The van der Waals surface area contributed by atoms with Crippen molar-refractivity contribution < 1.29 is 19.4 Å². The lowest BCUT2D eigenvalue weighted by Gasteiger charge is -2.44. The van der Waals surface area contributed by atoms with Crippen LogP contribution in [0, 0.1) is 5.92 Å². The van der Waals surface area contributed by atoms with E-state index >= 15 is 0 Å². The molecule has 1 aliphatic heterocycles. The van der Waals surface area contributed by atoms with Crippen LogP contribution in [0.3, 0.4) is 0 Å². The van der Waals surface area contributed by atoms with Crippen molar-refractivity contribution in [1.82, 2.24) is 0 Å². The number of Topliss-reactive ketones (excluding diaryl/α,β-unsaturated/α-hetero) is 1. The SMILES string of the molecule is CC(C)C1(CCc2ccc(O)cc2)CC(=O)C(N(c2ccccc2)C2CC2)C(=O)O1. The lowest BCUT2D eigenvalue weighted by atomic mass is 9.77. The molecule has 2 aromatic rings. The predicted octanol–water partition coefficient (Wildman–Crippen LogP) is 4.27. The predicted molar refractivity (Wildman–Crippen MR) is 115 cm³/mol. The number of aryl methyl sites for hydroxylation is 1. The summed E-state index contributed by atoms with van der Waals surface area (Å²) in [6.07, 6.45) is 3.46. The molecule has 30 heavy (non-hydrogen) atoms. The fraction of sp³-hybridized carbons (Fsp3) is 0.440. The zero-order chi connectivity index (χ0) is 21.3. The maximum Gasteiger partial charge on any atom is 0.337 e. The molecule has 5 nitrogen and oxygen atoms in total. The number of hydrogen-bond donors (Lipinski definition) is 1. The van der Waals surface area contributed by atoms with Crippen LogP contribution < -0.4 is 4.90 Å². The summed E-state index contributed by atoms with van der Waals surface area (Å²) in [4.78, 5) is 28.5. The molecular formula is C25H29NO4. The van der Waals surface area contributed by atoms with E-state index in [1.165, 1.54) is 0 Å². The molecule has 1 saturated carbocycles. The van der Waals surface area contributed by atoms with Crippen molar-refractivity contribution in [2.24, 2.45) is 5.92 Å². The molecule has 2 fully saturated rings. The number of rotatable bonds is 7. The molecule has 0 amide bonds. The second kappa shape index (κ2) is 8.13. The largest absolute Gasteiger partial charge is 0.508 e. The van der Waals surface area contributed by atoms with Gasteiger partial charge in [-0.15, -0.1) is 0 Å². The Morgan fingerprint density at radius 3 is 2.30 bits per heavy atom. The Kier molecular flexibility index (Phi) is 5.54. The first-order valence-corrected chi connectivity index (χ1v) is 10.8. The number of hydrogen-bond acceptors (Lipinski definition) is 5. The van der Waals surface area contributed by atoms with Crippen LogP contribution in [0.15, 0.2) is 54.6 Å². The van der Waals surface area contributed by atoms with Gasteiger partial charge in [0.15, 0.2) is 11.8 Å². The summed E-state index contributed by atoms with van der Waals surface area (Å²) >= 11 is 0. The number of benzene rings is 2. The minimum atomic E-state index is -0.861. The molecule has 158 valence electrons. The Balaban J connectivity index is 1.55. The highest BCUT2D eigenvalue weighted by atomic mass is 16.6. The molecule has 1 N–H and O–H groups in total. The Labute approximate surface area is 177 Å². The Morgan fingerprint density at radius 2 is 1.73 bits per heavy atom. The van der Waals surface area contributed by atoms with E-state index in [4.69, 9.17) is 4.74 Å². The molecule has 1 heterocycles. The van der Waals surface area contributed by atoms with Gasteiger partial charge < -0.3 is 14.7 Å². The summed E-state index contributed by atoms with van der Waals surface area (Å²) in [5.41, 5.74) is 1.15. The number of phenols is 1. The lowest BCUT2D eigenvalue weighted by Crippen LogP contribution is -2.59. The van der Waals surface area contributed by atoms with Gasteiger partial charge in [-0.25, -0.2) is 4.79 Å². The molecule has 2 unspecified atom stereocenters. The second-order valence-electron chi connectivity index (χ2n) is 8.83. The normalized spacial score (nSPS) is 24.0. The Morgan fingerprint density at radius 1 is 1.07 bits per heavy atom. The van der Waals surface area contributed by atoms with Gasteiger partial charge in [-0.1, -0.05) is 44.2 Å². The zero-order valence-corrected chi connectivity index (χ0v) is 17.6. The second-order valence-corrected chi connectivity index (χ2v) is 8.83. The van der Waals surface area contributed by atoms with E-state index in [1.807, 2.05) is 61.2 Å². The van der Waals surface area contributed by atoms with Gasteiger partial charge in [0.25, 0.3) is 0 Å². The van der Waals surface area contributed by atoms with Crippen LogP contribution >= 0.6 is 0 Å². The van der Waals surface area contributed by atoms with E-state index in [9.17, 15) is 14.7 Å². The van der Waals surface area contributed by atoms with Crippen LogP contribution in [0.2, 0.25) is 0 Å². The number of phenolic OH excluding ortho intramolecular Hbond substituents is 1. The van der Waals surface area contributed by atoms with E-state index in [0.717, 1.165) is 24.1 Å². The first-order chi connectivity index (χ1) is 14.4. The molecule has 2 aromatic carbocycles. The van der Waals surface area contributed by atoms with Crippen LogP contribution in [0.25, 0.3) is 0 Å². The molecule has 0 bridgehead atoms. The fourth-order valence-corrected chi connectivity index (χ4v) is 4.38. The third-order valence-corrected chi connectivity index (χ3v) is 6.40. The summed E-state index contributed by atoms with van der Waals surface area (Å²) in [7, 11) is 0. The van der Waals surface area contributed by atoms with Gasteiger partial charge >= 0.3 is 5.97 Å². The molecule has 1 aliphatic carbocycles. The first-order valence-electron chi connectivity index (χ1n) is 10.8. The van der Waals surface area contributed by atoms with Crippen molar-refractivity contribution >= 4 is 17.4 Å². The van der Waals surface area contributed by atoms with Crippen molar-refractivity contribution in [2.75, 3.05) is 4.90 Å². The van der Waals surface area contributed by atoms with E-state index in [-0.39, 0.29) is 29.9 Å². The maximum atomic E-state index is 13.4. The quantitative estimate of drug-likeness (QED) is 0.548. The summed E-state index contributed by atoms with van der Waals surface area (Å²) in [6, 6.07) is 16.1. The van der Waals surface area contributed by atoms with E-state index in [2.05, 4.69) is 0 Å². The highest BCUT2D eigenvalue weighted by Crippen LogP contribution is 2.40. The molecule has 4 rings (SSSR count). The van der Waals surface area contributed by atoms with Crippen LogP contribution in [-0.2, 0) is 20.7 Å². The first kappa shape index (κ1) is 20.5. The topological polar surface area (TPSA) is 66.8 Å². The summed E-state index contributed by atoms with van der Waals surface area (Å²) in [5.74, 6) is -0.238. The van der Waals surface area contributed by atoms with Crippen molar-refractivity contribution in [1.29, 1.82) is 0 Å². The Hall–Kier alpha value is -2.82. The van der Waals surface area contributed by atoms with Crippen LogP contribution in [0.1, 0.15) is 45.1 Å². The smallest absolute Gasteiger partial charge is 0.337 e. The summed E-state index contributed by atoms with van der Waals surface area (Å²) < 4.78 is 6.09. The number of para-hydroxylation sites is 1. The van der Waals surface area contributed by atoms with Gasteiger partial charge in [0.2, 0.25) is 0 Å². The number of ketones is 1. The number of ether oxygens (including phenoxy) is 1. The number of nitrogens with zero attached hydrogens (tertiary/aromatic N) is 1. The fourth-order valence-electron chi connectivity index (χ4n) is 4.38. The zero-order valence-electron chi connectivity index (χ0n) is 17.6. The summed E-state index contributed by atoms with van der Waals surface area (Å²) in [5, 5.41) is 9.49. The highest BCUT2D eigenvalue weighted by Gasteiger charge is 2.52. The van der Waals surface area contributed by atoms with Crippen LogP contribution in [0.4, 0.5) is 5.69 Å². The minimum Gasteiger partial charge on any atom is -0.508 e. The van der Waals surface area contributed by atoms with E-state index in [1.54, 1.807) is 12.1 Å². The van der Waals surface area contributed by atoms with Crippen molar-refractivity contribution in [3.63, 3.8) is 0 Å². The molecule has 0 aromatic heterocycles.